The van der Waals surface area contributed by atoms with Crippen LogP contribution in [0.1, 0.15) is 25.7 Å². The van der Waals surface area contributed by atoms with E-state index in [0.29, 0.717) is 18.6 Å². The van der Waals surface area contributed by atoms with Gasteiger partial charge in [-0.3, -0.25) is 0 Å². The molecule has 2 nitrogen and oxygen atoms in total. The SMILES string of the molecule is OC1CO[C@@H]2C(C1)[C@H]1CC[C@@H]2C1. The Morgan fingerprint density at radius 3 is 2.83 bits per heavy atom. The minimum absolute atomic E-state index is 0.175. The van der Waals surface area contributed by atoms with Gasteiger partial charge in [0.05, 0.1) is 18.8 Å². The van der Waals surface area contributed by atoms with E-state index in [4.69, 9.17) is 4.74 Å². The Morgan fingerprint density at radius 2 is 1.92 bits per heavy atom. The van der Waals surface area contributed by atoms with E-state index in [-0.39, 0.29) is 6.10 Å². The number of hydrogen-bond donors (Lipinski definition) is 1. The lowest BCUT2D eigenvalue weighted by atomic mass is 9.81. The highest BCUT2D eigenvalue weighted by Crippen LogP contribution is 2.52. The highest BCUT2D eigenvalue weighted by Gasteiger charge is 2.50. The molecular weight excluding hydrogens is 152 g/mol. The molecule has 1 aliphatic heterocycles. The third-order valence-electron chi connectivity index (χ3n) is 4.03. The van der Waals surface area contributed by atoms with Gasteiger partial charge in [-0.25, -0.2) is 0 Å². The second-order valence-electron chi connectivity index (χ2n) is 4.68. The summed E-state index contributed by atoms with van der Waals surface area (Å²) < 4.78 is 5.70. The molecule has 0 amide bonds. The summed E-state index contributed by atoms with van der Waals surface area (Å²) in [5, 5.41) is 9.46. The molecule has 0 aromatic rings. The largest absolute Gasteiger partial charge is 0.391 e. The van der Waals surface area contributed by atoms with Crippen molar-refractivity contribution in [2.45, 2.75) is 37.9 Å². The molecule has 5 atom stereocenters. The van der Waals surface area contributed by atoms with Crippen molar-refractivity contribution < 1.29 is 9.84 Å². The molecule has 12 heavy (non-hydrogen) atoms. The zero-order chi connectivity index (χ0) is 8.13. The molecule has 3 rings (SSSR count). The molecule has 1 saturated heterocycles. The maximum absolute atomic E-state index is 9.46. The molecule has 2 heteroatoms. The summed E-state index contributed by atoms with van der Waals surface area (Å²) >= 11 is 0. The van der Waals surface area contributed by atoms with Gasteiger partial charge in [-0.05, 0) is 43.4 Å². The number of aliphatic hydroxyl groups excluding tert-OH is 1. The van der Waals surface area contributed by atoms with Gasteiger partial charge in [0.2, 0.25) is 0 Å². The van der Waals surface area contributed by atoms with E-state index in [1.807, 2.05) is 0 Å². The van der Waals surface area contributed by atoms with E-state index in [0.717, 1.165) is 18.3 Å². The third kappa shape index (κ3) is 0.882. The average Bonchev–Trinajstić information content (AvgIpc) is 2.63. The van der Waals surface area contributed by atoms with Crippen molar-refractivity contribution in [2.75, 3.05) is 6.61 Å². The van der Waals surface area contributed by atoms with Crippen molar-refractivity contribution >= 4 is 0 Å². The maximum Gasteiger partial charge on any atom is 0.0777 e. The monoisotopic (exact) mass is 168 g/mol. The number of ether oxygens (including phenoxy) is 1. The second-order valence-corrected chi connectivity index (χ2v) is 4.68. The van der Waals surface area contributed by atoms with Crippen LogP contribution in [-0.2, 0) is 4.74 Å². The first-order chi connectivity index (χ1) is 5.84. The zero-order valence-corrected chi connectivity index (χ0v) is 7.28. The normalized spacial score (nSPS) is 57.2. The lowest BCUT2D eigenvalue weighted by molar-refractivity contribution is -0.108. The average molecular weight is 168 g/mol. The van der Waals surface area contributed by atoms with E-state index in [9.17, 15) is 5.11 Å². The summed E-state index contributed by atoms with van der Waals surface area (Å²) in [4.78, 5) is 0. The van der Waals surface area contributed by atoms with Gasteiger partial charge >= 0.3 is 0 Å². The van der Waals surface area contributed by atoms with Gasteiger partial charge in [-0.1, -0.05) is 0 Å². The van der Waals surface area contributed by atoms with Gasteiger partial charge in [0.15, 0.2) is 0 Å². The third-order valence-corrected chi connectivity index (χ3v) is 4.03. The minimum Gasteiger partial charge on any atom is -0.391 e. The minimum atomic E-state index is -0.175. The standard InChI is InChI=1S/C10H16O2/c11-8-4-9-6-1-2-7(3-6)10(9)12-5-8/h6-11H,1-5H2/t6-,7+,8?,9?,10-/m0/s1. The summed E-state index contributed by atoms with van der Waals surface area (Å²) in [5.74, 6) is 2.43. The van der Waals surface area contributed by atoms with Crippen LogP contribution in [0.4, 0.5) is 0 Å². The van der Waals surface area contributed by atoms with Crippen LogP contribution in [0.15, 0.2) is 0 Å². The maximum atomic E-state index is 9.46. The van der Waals surface area contributed by atoms with Crippen LogP contribution in [0.2, 0.25) is 0 Å². The smallest absolute Gasteiger partial charge is 0.0777 e. The van der Waals surface area contributed by atoms with Gasteiger partial charge in [0.1, 0.15) is 0 Å². The van der Waals surface area contributed by atoms with E-state index >= 15 is 0 Å². The van der Waals surface area contributed by atoms with Crippen molar-refractivity contribution in [1.82, 2.24) is 0 Å². The Bertz CT molecular complexity index is 192. The number of aliphatic hydroxyl groups is 1. The first-order valence-electron chi connectivity index (χ1n) is 5.14. The number of fused-ring (bicyclic) bond motifs is 5. The number of hydrogen-bond acceptors (Lipinski definition) is 2. The molecule has 0 aromatic heterocycles. The molecule has 0 aromatic carbocycles. The van der Waals surface area contributed by atoms with Crippen molar-refractivity contribution in [3.8, 4) is 0 Å². The molecule has 3 fully saturated rings. The lowest BCUT2D eigenvalue weighted by Crippen LogP contribution is -2.40. The van der Waals surface area contributed by atoms with Gasteiger partial charge < -0.3 is 9.84 Å². The highest BCUT2D eigenvalue weighted by atomic mass is 16.5. The second kappa shape index (κ2) is 2.46. The molecule has 2 aliphatic carbocycles. The molecule has 0 spiro atoms. The highest BCUT2D eigenvalue weighted by molar-refractivity contribution is 4.99. The fraction of sp³-hybridized carbons (Fsp3) is 1.00. The van der Waals surface area contributed by atoms with Crippen LogP contribution >= 0.6 is 0 Å². The van der Waals surface area contributed by atoms with E-state index in [1.54, 1.807) is 0 Å². The first kappa shape index (κ1) is 7.34. The Hall–Kier alpha value is -0.0800. The van der Waals surface area contributed by atoms with Crippen molar-refractivity contribution in [3.05, 3.63) is 0 Å². The van der Waals surface area contributed by atoms with Crippen molar-refractivity contribution in [3.63, 3.8) is 0 Å². The Labute approximate surface area is 72.9 Å². The molecule has 2 bridgehead atoms. The zero-order valence-electron chi connectivity index (χ0n) is 7.28. The quantitative estimate of drug-likeness (QED) is 0.588. The summed E-state index contributed by atoms with van der Waals surface area (Å²) in [6.45, 7) is 0.588. The summed E-state index contributed by atoms with van der Waals surface area (Å²) in [5.41, 5.74) is 0. The topological polar surface area (TPSA) is 29.5 Å². The van der Waals surface area contributed by atoms with Crippen LogP contribution in [0, 0.1) is 17.8 Å². The van der Waals surface area contributed by atoms with Crippen LogP contribution in [0.25, 0.3) is 0 Å². The first-order valence-corrected chi connectivity index (χ1v) is 5.14. The molecule has 2 unspecified atom stereocenters. The van der Waals surface area contributed by atoms with Gasteiger partial charge in [-0.2, -0.15) is 0 Å². The summed E-state index contributed by atoms with van der Waals surface area (Å²) in [6, 6.07) is 0. The molecule has 1 N–H and O–H groups in total. The summed E-state index contributed by atoms with van der Waals surface area (Å²) in [6.07, 6.45) is 5.50. The van der Waals surface area contributed by atoms with Crippen LogP contribution < -0.4 is 0 Å². The Morgan fingerprint density at radius 1 is 1.08 bits per heavy atom. The van der Waals surface area contributed by atoms with E-state index in [1.165, 1.54) is 19.3 Å². The van der Waals surface area contributed by atoms with Crippen LogP contribution in [-0.4, -0.2) is 23.9 Å². The predicted molar refractivity (Wildman–Crippen MR) is 44.7 cm³/mol. The summed E-state index contributed by atoms with van der Waals surface area (Å²) in [7, 11) is 0. The Balaban J connectivity index is 1.81. The van der Waals surface area contributed by atoms with E-state index < -0.39 is 0 Å². The molecule has 3 aliphatic rings. The lowest BCUT2D eigenvalue weighted by Gasteiger charge is -2.37. The predicted octanol–water partition coefficient (Wildman–Crippen LogP) is 1.18. The molecule has 0 radical (unpaired) electrons. The van der Waals surface area contributed by atoms with Gasteiger partial charge in [-0.15, -0.1) is 0 Å². The van der Waals surface area contributed by atoms with Crippen molar-refractivity contribution in [1.29, 1.82) is 0 Å². The van der Waals surface area contributed by atoms with Crippen LogP contribution in [0.3, 0.4) is 0 Å². The van der Waals surface area contributed by atoms with E-state index in [2.05, 4.69) is 0 Å². The van der Waals surface area contributed by atoms with Crippen molar-refractivity contribution in [2.24, 2.45) is 17.8 Å². The fourth-order valence-corrected chi connectivity index (χ4v) is 3.55. The van der Waals surface area contributed by atoms with Crippen LogP contribution in [0.5, 0.6) is 0 Å². The molecule has 68 valence electrons. The van der Waals surface area contributed by atoms with Gasteiger partial charge in [0.25, 0.3) is 0 Å². The molecular formula is C10H16O2. The molecule has 1 heterocycles. The van der Waals surface area contributed by atoms with Gasteiger partial charge in [0, 0.05) is 0 Å². The molecule has 2 saturated carbocycles. The number of rotatable bonds is 0. The Kier molecular flexibility index (Phi) is 1.50. The fourth-order valence-electron chi connectivity index (χ4n) is 3.55.